The van der Waals surface area contributed by atoms with E-state index in [0.29, 0.717) is 0 Å². The summed E-state index contributed by atoms with van der Waals surface area (Å²) in [4.78, 5) is 24.6. The number of hydrogen-bond acceptors (Lipinski definition) is 5. The fourth-order valence-electron chi connectivity index (χ4n) is 2.05. The molecule has 2 aromatic heterocycles. The quantitative estimate of drug-likeness (QED) is 0.598. The molecule has 0 saturated heterocycles. The number of aromatic nitrogens is 2. The minimum atomic E-state index is -0.559. The first-order chi connectivity index (χ1) is 11.5. The maximum absolute atomic E-state index is 12.0. The number of carbonyl (C=O) groups is 1. The highest BCUT2D eigenvalue weighted by Gasteiger charge is 2.12. The van der Waals surface area contributed by atoms with E-state index in [0.717, 1.165) is 19.7 Å². The first-order valence-corrected chi connectivity index (χ1v) is 9.16. The lowest BCUT2D eigenvalue weighted by Crippen LogP contribution is -2.21. The van der Waals surface area contributed by atoms with Crippen molar-refractivity contribution in [2.75, 3.05) is 5.32 Å². The summed E-state index contributed by atoms with van der Waals surface area (Å²) >= 11 is 3.66. The lowest BCUT2D eigenvalue weighted by atomic mass is 10.2. The number of nitrogens with one attached hydrogen (secondary N) is 1. The Morgan fingerprint density at radius 1 is 1.42 bits per heavy atom. The molecule has 0 bridgehead atoms. The van der Waals surface area contributed by atoms with Crippen LogP contribution in [-0.4, -0.2) is 15.7 Å². The van der Waals surface area contributed by atoms with Crippen LogP contribution < -0.4 is 11.1 Å². The van der Waals surface area contributed by atoms with Crippen molar-refractivity contribution in [3.05, 3.63) is 55.4 Å². The average molecular weight is 455 g/mol. The smallest absolute Gasteiger partial charge is 0.387 e. The fraction of sp³-hybridized carbons (Fsp3) is 0.188. The summed E-state index contributed by atoms with van der Waals surface area (Å²) in [5.41, 5.74) is 1.89. The number of benzene rings is 1. The number of rotatable bonds is 5. The van der Waals surface area contributed by atoms with Crippen molar-refractivity contribution in [3.8, 4) is 10.8 Å². The van der Waals surface area contributed by atoms with Gasteiger partial charge in [0.05, 0.1) is 11.4 Å². The number of aryl methyl sites for hydroxylation is 2. The van der Waals surface area contributed by atoms with Crippen molar-refractivity contribution in [3.63, 3.8) is 0 Å². The van der Waals surface area contributed by atoms with Crippen LogP contribution in [0.3, 0.4) is 0 Å². The Hall–Kier alpha value is -1.94. The van der Waals surface area contributed by atoms with Crippen LogP contribution in [0.2, 0.25) is 0 Å². The maximum Gasteiger partial charge on any atom is 0.437 e. The van der Waals surface area contributed by atoms with Gasteiger partial charge in [0.15, 0.2) is 0 Å². The summed E-state index contributed by atoms with van der Waals surface area (Å²) in [6, 6.07) is 9.39. The molecular weight excluding hydrogens is 441 g/mol. The van der Waals surface area contributed by atoms with Crippen LogP contribution in [0.15, 0.2) is 44.9 Å². The Bertz CT molecular complexity index is 915. The van der Waals surface area contributed by atoms with Crippen molar-refractivity contribution in [2.45, 2.75) is 19.9 Å². The highest BCUT2D eigenvalue weighted by Crippen LogP contribution is 2.21. The third-order valence-corrected chi connectivity index (χ3v) is 5.36. The van der Waals surface area contributed by atoms with Crippen LogP contribution in [0.25, 0.3) is 10.8 Å². The summed E-state index contributed by atoms with van der Waals surface area (Å²) in [6.07, 6.45) is 0.140. The number of halogens is 1. The zero-order valence-electron chi connectivity index (χ0n) is 12.8. The molecule has 2 heterocycles. The van der Waals surface area contributed by atoms with E-state index in [2.05, 4.69) is 33.0 Å². The number of carbonyl (C=O) groups excluding carboxylic acids is 1. The molecular formula is C16H14IN3O3S. The fourth-order valence-corrected chi connectivity index (χ4v) is 3.21. The van der Waals surface area contributed by atoms with Gasteiger partial charge in [-0.3, -0.25) is 4.79 Å². The van der Waals surface area contributed by atoms with Crippen molar-refractivity contribution in [1.82, 2.24) is 9.78 Å². The monoisotopic (exact) mass is 455 g/mol. The van der Waals surface area contributed by atoms with Gasteiger partial charge >= 0.3 is 5.76 Å². The van der Waals surface area contributed by atoms with E-state index in [9.17, 15) is 9.59 Å². The van der Waals surface area contributed by atoms with Crippen molar-refractivity contribution < 1.29 is 9.21 Å². The predicted molar refractivity (Wildman–Crippen MR) is 101 cm³/mol. The molecule has 0 unspecified atom stereocenters. The van der Waals surface area contributed by atoms with E-state index in [4.69, 9.17) is 4.42 Å². The molecule has 0 saturated carbocycles. The van der Waals surface area contributed by atoms with Crippen LogP contribution >= 0.6 is 33.9 Å². The Morgan fingerprint density at radius 2 is 2.25 bits per heavy atom. The molecule has 3 rings (SSSR count). The lowest BCUT2D eigenvalue weighted by molar-refractivity contribution is -0.116. The highest BCUT2D eigenvalue weighted by atomic mass is 127. The van der Waals surface area contributed by atoms with Gasteiger partial charge in [0.1, 0.15) is 0 Å². The molecule has 0 fully saturated rings. The normalized spacial score (nSPS) is 10.8. The zero-order valence-corrected chi connectivity index (χ0v) is 15.8. The largest absolute Gasteiger partial charge is 0.437 e. The van der Waals surface area contributed by atoms with Gasteiger partial charge in [-0.1, -0.05) is 12.1 Å². The number of thiophene rings is 1. The van der Waals surface area contributed by atoms with Crippen molar-refractivity contribution in [2.24, 2.45) is 0 Å². The van der Waals surface area contributed by atoms with Crippen LogP contribution in [0, 0.1) is 10.5 Å². The van der Waals surface area contributed by atoms with Gasteiger partial charge < -0.3 is 9.73 Å². The number of nitrogens with zero attached hydrogens (tertiary/aromatic N) is 2. The molecule has 1 aromatic carbocycles. The van der Waals surface area contributed by atoms with E-state index in [-0.39, 0.29) is 24.8 Å². The Labute approximate surface area is 155 Å². The van der Waals surface area contributed by atoms with Gasteiger partial charge in [0.2, 0.25) is 5.91 Å². The van der Waals surface area contributed by atoms with Crippen LogP contribution in [0.4, 0.5) is 5.69 Å². The summed E-state index contributed by atoms with van der Waals surface area (Å²) < 4.78 is 7.37. The number of hydrogen-bond donors (Lipinski definition) is 1. The number of anilines is 1. The second kappa shape index (κ2) is 7.31. The van der Waals surface area contributed by atoms with Gasteiger partial charge in [-0.15, -0.1) is 16.4 Å². The van der Waals surface area contributed by atoms with Gasteiger partial charge in [-0.2, -0.15) is 4.68 Å². The van der Waals surface area contributed by atoms with Crippen LogP contribution in [0.1, 0.15) is 12.0 Å². The zero-order chi connectivity index (χ0) is 17.1. The average Bonchev–Trinajstić information content (AvgIpc) is 3.18. The molecule has 0 atom stereocenters. The van der Waals surface area contributed by atoms with Gasteiger partial charge in [-0.05, 0) is 58.7 Å². The van der Waals surface area contributed by atoms with Crippen LogP contribution in [0.5, 0.6) is 0 Å². The van der Waals surface area contributed by atoms with Gasteiger partial charge in [0, 0.05) is 15.7 Å². The highest BCUT2D eigenvalue weighted by molar-refractivity contribution is 14.1. The van der Waals surface area contributed by atoms with E-state index >= 15 is 0 Å². The minimum absolute atomic E-state index is 0.140. The molecule has 0 aliphatic carbocycles. The van der Waals surface area contributed by atoms with Gasteiger partial charge in [0.25, 0.3) is 5.89 Å². The first-order valence-electron chi connectivity index (χ1n) is 7.21. The van der Waals surface area contributed by atoms with E-state index in [1.807, 2.05) is 42.6 Å². The molecule has 1 amide bonds. The SMILES string of the molecule is Cc1ccc(NC(=O)CCn2nc(-c3cccs3)oc2=O)cc1I. The van der Waals surface area contributed by atoms with Gasteiger partial charge in [-0.25, -0.2) is 4.79 Å². The first kappa shape index (κ1) is 16.9. The van der Waals surface area contributed by atoms with Crippen LogP contribution in [-0.2, 0) is 11.3 Å². The standard InChI is InChI=1S/C16H14IN3O3S/c1-10-4-5-11(9-12(10)17)18-14(21)6-7-20-16(22)23-15(19-20)13-3-2-8-24-13/h2-5,8-9H,6-7H2,1H3,(H,18,21). The molecule has 0 spiro atoms. The second-order valence-corrected chi connectivity index (χ2v) is 7.25. The molecule has 124 valence electrons. The topological polar surface area (TPSA) is 77.1 Å². The molecule has 8 heteroatoms. The molecule has 0 radical (unpaired) electrons. The molecule has 6 nitrogen and oxygen atoms in total. The third kappa shape index (κ3) is 3.93. The Morgan fingerprint density at radius 3 is 2.96 bits per heavy atom. The van der Waals surface area contributed by atoms with E-state index in [1.54, 1.807) is 0 Å². The molecule has 3 aromatic rings. The number of amides is 1. The Balaban J connectivity index is 1.62. The summed E-state index contributed by atoms with van der Waals surface area (Å²) in [7, 11) is 0. The minimum Gasteiger partial charge on any atom is -0.387 e. The predicted octanol–water partition coefficient (Wildman–Crippen LogP) is 3.51. The molecule has 24 heavy (non-hydrogen) atoms. The Kier molecular flexibility index (Phi) is 5.14. The van der Waals surface area contributed by atoms with E-state index in [1.165, 1.54) is 16.0 Å². The van der Waals surface area contributed by atoms with E-state index < -0.39 is 5.76 Å². The summed E-state index contributed by atoms with van der Waals surface area (Å²) in [5.74, 6) is -0.457. The van der Waals surface area contributed by atoms with Crippen molar-refractivity contribution in [1.29, 1.82) is 0 Å². The second-order valence-electron chi connectivity index (χ2n) is 5.14. The third-order valence-electron chi connectivity index (χ3n) is 3.34. The summed E-state index contributed by atoms with van der Waals surface area (Å²) in [5, 5.41) is 8.82. The molecule has 1 N–H and O–H groups in total. The lowest BCUT2D eigenvalue weighted by Gasteiger charge is -2.06. The van der Waals surface area contributed by atoms with Crippen molar-refractivity contribution >= 4 is 45.5 Å². The summed E-state index contributed by atoms with van der Waals surface area (Å²) in [6.45, 7) is 2.18. The molecule has 0 aliphatic rings. The molecule has 0 aliphatic heterocycles. The maximum atomic E-state index is 12.0.